The van der Waals surface area contributed by atoms with Gasteiger partial charge in [0, 0.05) is 22.5 Å². The van der Waals surface area contributed by atoms with Gasteiger partial charge in [-0.15, -0.1) is 0 Å². The van der Waals surface area contributed by atoms with Crippen LogP contribution < -0.4 is 10.1 Å². The molecular weight excluding hydrogens is 380 g/mol. The Hall–Kier alpha value is -2.47. The molecule has 1 amide bonds. The molecule has 1 N–H and O–H groups in total. The van der Waals surface area contributed by atoms with Crippen LogP contribution in [0.2, 0.25) is 5.02 Å². The third-order valence-electron chi connectivity index (χ3n) is 4.72. The molecule has 0 aliphatic carbocycles. The monoisotopic (exact) mass is 406 g/mol. The average Bonchev–Trinajstić information content (AvgIpc) is 2.98. The first-order valence-corrected chi connectivity index (χ1v) is 9.69. The topological polar surface area (TPSA) is 69.6 Å². The number of hydrogen-bond acceptors (Lipinski definition) is 4. The van der Waals surface area contributed by atoms with E-state index in [2.05, 4.69) is 5.32 Å². The summed E-state index contributed by atoms with van der Waals surface area (Å²) < 4.78 is 12.5. The maximum Gasteiger partial charge on any atom is 0.340 e. The summed E-state index contributed by atoms with van der Waals surface area (Å²) in [6.07, 6.45) is 1.66. The summed E-state index contributed by atoms with van der Waals surface area (Å²) in [6, 6.07) is 7.12. The number of halogens is 1. The van der Waals surface area contributed by atoms with Gasteiger partial charge in [-0.05, 0) is 51.0 Å². The van der Waals surface area contributed by atoms with Crippen LogP contribution >= 0.6 is 11.6 Å². The molecule has 2 rings (SSSR count). The van der Waals surface area contributed by atoms with Gasteiger partial charge in [-0.3, -0.25) is 4.79 Å². The Morgan fingerprint density at radius 3 is 2.46 bits per heavy atom. The van der Waals surface area contributed by atoms with E-state index in [1.807, 2.05) is 32.3 Å². The van der Waals surface area contributed by atoms with E-state index in [4.69, 9.17) is 21.1 Å². The summed E-state index contributed by atoms with van der Waals surface area (Å²) in [5, 5.41) is 3.41. The summed E-state index contributed by atoms with van der Waals surface area (Å²) in [4.78, 5) is 24.5. The van der Waals surface area contributed by atoms with Crippen LogP contribution in [0, 0.1) is 13.8 Å². The zero-order chi connectivity index (χ0) is 20.8. The number of ether oxygens (including phenoxy) is 2. The number of aromatic nitrogens is 1. The van der Waals surface area contributed by atoms with Crippen LogP contribution in [0.1, 0.15) is 48.4 Å². The van der Waals surface area contributed by atoms with Gasteiger partial charge in [0.25, 0.3) is 5.91 Å². The fourth-order valence-corrected chi connectivity index (χ4v) is 3.32. The van der Waals surface area contributed by atoms with Crippen LogP contribution in [-0.4, -0.2) is 36.2 Å². The lowest BCUT2D eigenvalue weighted by molar-refractivity contribution is -0.125. The number of benzene rings is 1. The molecule has 0 aliphatic heterocycles. The van der Waals surface area contributed by atoms with E-state index in [1.54, 1.807) is 31.4 Å². The van der Waals surface area contributed by atoms with Crippen LogP contribution in [0.5, 0.6) is 5.75 Å². The molecule has 2 aromatic rings. The highest BCUT2D eigenvalue weighted by Gasteiger charge is 2.21. The highest BCUT2D eigenvalue weighted by Crippen LogP contribution is 2.30. The van der Waals surface area contributed by atoms with Gasteiger partial charge in [0.1, 0.15) is 5.75 Å². The highest BCUT2D eigenvalue weighted by atomic mass is 35.5. The smallest absolute Gasteiger partial charge is 0.340 e. The van der Waals surface area contributed by atoms with Crippen molar-refractivity contribution in [1.29, 1.82) is 0 Å². The third kappa shape index (κ3) is 4.87. The molecule has 0 fully saturated rings. The molecule has 1 aromatic carbocycles. The summed E-state index contributed by atoms with van der Waals surface area (Å²) in [6.45, 7) is 7.39. The quantitative estimate of drug-likeness (QED) is 0.666. The minimum atomic E-state index is -0.542. The van der Waals surface area contributed by atoms with E-state index in [-0.39, 0.29) is 18.6 Å². The van der Waals surface area contributed by atoms with Crippen molar-refractivity contribution in [2.45, 2.75) is 46.6 Å². The van der Waals surface area contributed by atoms with Gasteiger partial charge in [-0.25, -0.2) is 4.79 Å². The number of amides is 1. The first-order valence-electron chi connectivity index (χ1n) is 9.31. The minimum Gasteiger partial charge on any atom is -0.495 e. The Kier molecular flexibility index (Phi) is 7.52. The van der Waals surface area contributed by atoms with Gasteiger partial charge in [-0.1, -0.05) is 25.4 Å². The predicted octanol–water partition coefficient (Wildman–Crippen LogP) is 4.22. The van der Waals surface area contributed by atoms with Crippen molar-refractivity contribution in [3.05, 3.63) is 46.2 Å². The molecule has 7 heteroatoms. The third-order valence-corrected chi connectivity index (χ3v) is 4.95. The van der Waals surface area contributed by atoms with Gasteiger partial charge in [0.2, 0.25) is 0 Å². The molecule has 0 saturated carbocycles. The number of aryl methyl sites for hydroxylation is 1. The number of carbonyl (C=O) groups excluding carboxylic acids is 2. The average molecular weight is 407 g/mol. The molecule has 1 aromatic heterocycles. The van der Waals surface area contributed by atoms with Crippen molar-refractivity contribution in [3.63, 3.8) is 0 Å². The Morgan fingerprint density at radius 1 is 1.18 bits per heavy atom. The van der Waals surface area contributed by atoms with E-state index >= 15 is 0 Å². The molecule has 28 heavy (non-hydrogen) atoms. The summed E-state index contributed by atoms with van der Waals surface area (Å²) >= 11 is 6.14. The summed E-state index contributed by atoms with van der Waals surface area (Å²) in [7, 11) is 1.58. The van der Waals surface area contributed by atoms with E-state index in [1.165, 1.54) is 0 Å². The zero-order valence-corrected chi connectivity index (χ0v) is 17.7. The Balaban J connectivity index is 2.21. The fourth-order valence-electron chi connectivity index (χ4n) is 3.15. The number of nitrogens with zero attached hydrogens (tertiary/aromatic N) is 1. The fraction of sp³-hybridized carbons (Fsp3) is 0.429. The lowest BCUT2D eigenvalue weighted by atomic mass is 10.2. The summed E-state index contributed by atoms with van der Waals surface area (Å²) in [5.74, 6) is -0.205. The second kappa shape index (κ2) is 9.64. The van der Waals surface area contributed by atoms with E-state index < -0.39 is 5.97 Å². The lowest BCUT2D eigenvalue weighted by Crippen LogP contribution is -2.36. The van der Waals surface area contributed by atoms with Gasteiger partial charge in [0.05, 0.1) is 18.4 Å². The molecule has 0 spiro atoms. The molecule has 0 aliphatic rings. The molecule has 0 atom stereocenters. The minimum absolute atomic E-state index is 0.0894. The van der Waals surface area contributed by atoms with Crippen molar-refractivity contribution in [2.24, 2.45) is 0 Å². The molecule has 152 valence electrons. The second-order valence-corrected chi connectivity index (χ2v) is 7.03. The Bertz CT molecular complexity index is 856. The SMILES string of the molecule is CCC(CC)NC(=O)COC(=O)c1cc(C)n(-c2cc(Cl)ccc2OC)c1C. The van der Waals surface area contributed by atoms with Crippen molar-refractivity contribution in [1.82, 2.24) is 9.88 Å². The number of esters is 1. The molecule has 0 saturated heterocycles. The standard InChI is InChI=1S/C21H27ClN2O4/c1-6-16(7-2)23-20(25)12-28-21(26)17-10-13(3)24(14(17)4)18-11-15(22)8-9-19(18)27-5/h8-11,16H,6-7,12H2,1-5H3,(H,23,25). The molecule has 0 unspecified atom stereocenters. The van der Waals surface area contributed by atoms with Crippen molar-refractivity contribution < 1.29 is 19.1 Å². The molecular formula is C21H27ClN2O4. The van der Waals surface area contributed by atoms with Crippen molar-refractivity contribution >= 4 is 23.5 Å². The molecule has 1 heterocycles. The van der Waals surface area contributed by atoms with E-state index in [0.717, 1.165) is 24.2 Å². The first-order chi connectivity index (χ1) is 13.3. The van der Waals surface area contributed by atoms with E-state index in [0.29, 0.717) is 22.0 Å². The van der Waals surface area contributed by atoms with Crippen LogP contribution in [0.4, 0.5) is 0 Å². The van der Waals surface area contributed by atoms with Crippen LogP contribution in [0.15, 0.2) is 24.3 Å². The second-order valence-electron chi connectivity index (χ2n) is 6.59. The highest BCUT2D eigenvalue weighted by molar-refractivity contribution is 6.30. The Morgan fingerprint density at radius 2 is 1.86 bits per heavy atom. The molecule has 0 radical (unpaired) electrons. The van der Waals surface area contributed by atoms with E-state index in [9.17, 15) is 9.59 Å². The van der Waals surface area contributed by atoms with Crippen LogP contribution in [0.3, 0.4) is 0 Å². The predicted molar refractivity (Wildman–Crippen MR) is 110 cm³/mol. The zero-order valence-electron chi connectivity index (χ0n) is 17.0. The first kappa shape index (κ1) is 21.8. The maximum atomic E-state index is 12.5. The van der Waals surface area contributed by atoms with Crippen LogP contribution in [0.25, 0.3) is 5.69 Å². The Labute approximate surface area is 170 Å². The van der Waals surface area contributed by atoms with Gasteiger partial charge >= 0.3 is 5.97 Å². The van der Waals surface area contributed by atoms with Crippen molar-refractivity contribution in [3.8, 4) is 11.4 Å². The van der Waals surface area contributed by atoms with Crippen molar-refractivity contribution in [2.75, 3.05) is 13.7 Å². The lowest BCUT2D eigenvalue weighted by Gasteiger charge is -2.15. The van der Waals surface area contributed by atoms with Crippen LogP contribution in [-0.2, 0) is 9.53 Å². The van der Waals surface area contributed by atoms with Gasteiger partial charge in [-0.2, -0.15) is 0 Å². The molecule has 6 nitrogen and oxygen atoms in total. The number of rotatable bonds is 8. The number of carbonyl (C=O) groups is 2. The number of methoxy groups -OCH3 is 1. The molecule has 0 bridgehead atoms. The summed E-state index contributed by atoms with van der Waals surface area (Å²) in [5.41, 5.74) is 2.64. The maximum absolute atomic E-state index is 12.5. The number of nitrogens with one attached hydrogen (secondary N) is 1. The van der Waals surface area contributed by atoms with Gasteiger partial charge in [0.15, 0.2) is 6.61 Å². The normalized spacial score (nSPS) is 10.8. The van der Waals surface area contributed by atoms with Gasteiger partial charge < -0.3 is 19.4 Å². The number of hydrogen-bond donors (Lipinski definition) is 1. The largest absolute Gasteiger partial charge is 0.495 e.